The topological polar surface area (TPSA) is 70.2 Å². The van der Waals surface area contributed by atoms with Crippen molar-refractivity contribution in [3.05, 3.63) is 52.2 Å². The molecule has 3 rings (SSSR count). The zero-order valence-electron chi connectivity index (χ0n) is 14.0. The van der Waals surface area contributed by atoms with Crippen molar-refractivity contribution in [3.63, 3.8) is 0 Å². The maximum atomic E-state index is 12.7. The van der Waals surface area contributed by atoms with Crippen molar-refractivity contribution < 1.29 is 9.59 Å². The first kappa shape index (κ1) is 19.4. The van der Waals surface area contributed by atoms with Crippen LogP contribution in [0.5, 0.6) is 0 Å². The van der Waals surface area contributed by atoms with Crippen LogP contribution in [0.3, 0.4) is 0 Å². The molecule has 1 aliphatic rings. The van der Waals surface area contributed by atoms with E-state index in [1.807, 2.05) is 11.4 Å². The maximum absolute atomic E-state index is 12.7. The second-order valence-electron chi connectivity index (χ2n) is 6.06. The Morgan fingerprint density at radius 3 is 2.72 bits per heavy atom. The number of carbonyl (C=O) groups excluding carboxylic acids is 2. The van der Waals surface area contributed by atoms with E-state index in [1.165, 1.54) is 11.3 Å². The molecule has 0 radical (unpaired) electrons. The molecule has 1 fully saturated rings. The standard InChI is InChI=1S/C18H21N3O2S.ClH/c1-12-10-19-8-6-15(12)20-18(23)14-4-2-3-5-16(14)21-17(22)13-7-9-24-11-13;/h2-5,7,9,11-12,15,19H,6,8,10H2,1H3,(H,20,23)(H,21,22);1H. The normalized spacial score (nSPS) is 19.6. The van der Waals surface area contributed by atoms with E-state index in [9.17, 15) is 9.59 Å². The Balaban J connectivity index is 0.00000225. The van der Waals surface area contributed by atoms with Gasteiger partial charge in [-0.05, 0) is 49.0 Å². The highest BCUT2D eigenvalue weighted by atomic mass is 35.5. The number of thiophene rings is 1. The fraction of sp³-hybridized carbons (Fsp3) is 0.333. The number of halogens is 1. The fourth-order valence-corrected chi connectivity index (χ4v) is 3.49. The first-order valence-electron chi connectivity index (χ1n) is 8.09. The number of rotatable bonds is 4. The van der Waals surface area contributed by atoms with Crippen LogP contribution in [-0.2, 0) is 0 Å². The van der Waals surface area contributed by atoms with Gasteiger partial charge in [-0.3, -0.25) is 9.59 Å². The molecule has 0 saturated carbocycles. The molecule has 2 heterocycles. The van der Waals surface area contributed by atoms with Gasteiger partial charge >= 0.3 is 0 Å². The van der Waals surface area contributed by atoms with Gasteiger partial charge in [-0.2, -0.15) is 11.3 Å². The van der Waals surface area contributed by atoms with Crippen molar-refractivity contribution in [1.29, 1.82) is 0 Å². The van der Waals surface area contributed by atoms with Gasteiger partial charge in [0.1, 0.15) is 0 Å². The molecule has 2 unspecified atom stereocenters. The summed E-state index contributed by atoms with van der Waals surface area (Å²) < 4.78 is 0. The van der Waals surface area contributed by atoms with Gasteiger partial charge in [0.15, 0.2) is 0 Å². The van der Waals surface area contributed by atoms with Crippen molar-refractivity contribution in [2.75, 3.05) is 18.4 Å². The van der Waals surface area contributed by atoms with Gasteiger partial charge in [-0.25, -0.2) is 0 Å². The first-order valence-corrected chi connectivity index (χ1v) is 9.03. The van der Waals surface area contributed by atoms with E-state index in [0.717, 1.165) is 19.5 Å². The zero-order valence-corrected chi connectivity index (χ0v) is 15.6. The minimum Gasteiger partial charge on any atom is -0.349 e. The van der Waals surface area contributed by atoms with Gasteiger partial charge in [-0.15, -0.1) is 12.4 Å². The molecule has 1 aromatic heterocycles. The van der Waals surface area contributed by atoms with E-state index in [1.54, 1.807) is 29.6 Å². The predicted octanol–water partition coefficient (Wildman–Crippen LogP) is 3.15. The number of carbonyl (C=O) groups is 2. The van der Waals surface area contributed by atoms with E-state index in [2.05, 4.69) is 22.9 Å². The first-order chi connectivity index (χ1) is 11.6. The highest BCUT2D eigenvalue weighted by Gasteiger charge is 2.24. The summed E-state index contributed by atoms with van der Waals surface area (Å²) in [4.78, 5) is 24.9. The van der Waals surface area contributed by atoms with Crippen LogP contribution in [0.25, 0.3) is 0 Å². The third-order valence-electron chi connectivity index (χ3n) is 4.31. The molecule has 25 heavy (non-hydrogen) atoms. The number of hydrogen-bond donors (Lipinski definition) is 3. The van der Waals surface area contributed by atoms with Gasteiger partial charge < -0.3 is 16.0 Å². The summed E-state index contributed by atoms with van der Waals surface area (Å²) in [5.74, 6) is 0.0389. The Hall–Kier alpha value is -1.89. The van der Waals surface area contributed by atoms with Crippen molar-refractivity contribution in [1.82, 2.24) is 10.6 Å². The van der Waals surface area contributed by atoms with Crippen LogP contribution in [0, 0.1) is 5.92 Å². The van der Waals surface area contributed by atoms with Crippen LogP contribution in [-0.4, -0.2) is 30.9 Å². The smallest absolute Gasteiger partial charge is 0.256 e. The van der Waals surface area contributed by atoms with Crippen LogP contribution in [0.1, 0.15) is 34.1 Å². The lowest BCUT2D eigenvalue weighted by atomic mass is 9.95. The van der Waals surface area contributed by atoms with E-state index in [0.29, 0.717) is 22.7 Å². The molecule has 7 heteroatoms. The Bertz CT molecular complexity index is 721. The minimum absolute atomic E-state index is 0. The molecule has 2 amide bonds. The zero-order chi connectivity index (χ0) is 16.9. The van der Waals surface area contributed by atoms with Crippen LogP contribution in [0.2, 0.25) is 0 Å². The van der Waals surface area contributed by atoms with Crippen LogP contribution >= 0.6 is 23.7 Å². The molecular formula is C18H22ClN3O2S. The molecular weight excluding hydrogens is 358 g/mol. The molecule has 0 aliphatic carbocycles. The number of amides is 2. The van der Waals surface area contributed by atoms with Gasteiger partial charge in [-0.1, -0.05) is 19.1 Å². The fourth-order valence-electron chi connectivity index (χ4n) is 2.85. The number of benzene rings is 1. The van der Waals surface area contributed by atoms with Gasteiger partial charge in [0, 0.05) is 11.4 Å². The summed E-state index contributed by atoms with van der Waals surface area (Å²) in [6.07, 6.45) is 0.913. The molecule has 1 saturated heterocycles. The quantitative estimate of drug-likeness (QED) is 0.764. The summed E-state index contributed by atoms with van der Waals surface area (Å²) in [6, 6.07) is 9.03. The second-order valence-corrected chi connectivity index (χ2v) is 6.84. The molecule has 5 nitrogen and oxygen atoms in total. The lowest BCUT2D eigenvalue weighted by Crippen LogP contribution is -2.48. The van der Waals surface area contributed by atoms with Crippen LogP contribution < -0.4 is 16.0 Å². The molecule has 134 valence electrons. The largest absolute Gasteiger partial charge is 0.349 e. The minimum atomic E-state index is -0.202. The van der Waals surface area contributed by atoms with Crippen molar-refractivity contribution in [2.45, 2.75) is 19.4 Å². The number of hydrogen-bond acceptors (Lipinski definition) is 4. The Labute approximate surface area is 157 Å². The lowest BCUT2D eigenvalue weighted by Gasteiger charge is -2.30. The molecule has 2 atom stereocenters. The number of nitrogens with one attached hydrogen (secondary N) is 3. The lowest BCUT2D eigenvalue weighted by molar-refractivity contribution is 0.0915. The van der Waals surface area contributed by atoms with Gasteiger partial charge in [0.2, 0.25) is 0 Å². The van der Waals surface area contributed by atoms with Crippen LogP contribution in [0.15, 0.2) is 41.1 Å². The Morgan fingerprint density at radius 1 is 1.20 bits per heavy atom. The SMILES string of the molecule is CC1CNCCC1NC(=O)c1ccccc1NC(=O)c1ccsc1.Cl. The molecule has 0 spiro atoms. The Kier molecular flexibility index (Phi) is 6.99. The summed E-state index contributed by atoms with van der Waals surface area (Å²) >= 11 is 1.47. The summed E-state index contributed by atoms with van der Waals surface area (Å²) in [7, 11) is 0. The molecule has 0 bridgehead atoms. The Morgan fingerprint density at radius 2 is 2.00 bits per heavy atom. The van der Waals surface area contributed by atoms with Gasteiger partial charge in [0.05, 0.1) is 16.8 Å². The predicted molar refractivity (Wildman–Crippen MR) is 104 cm³/mol. The van der Waals surface area contributed by atoms with Crippen LogP contribution in [0.4, 0.5) is 5.69 Å². The molecule has 2 aromatic rings. The second kappa shape index (κ2) is 8.99. The summed E-state index contributed by atoms with van der Waals surface area (Å²) in [6.45, 7) is 3.94. The third-order valence-corrected chi connectivity index (χ3v) is 4.99. The summed E-state index contributed by atoms with van der Waals surface area (Å²) in [5.41, 5.74) is 1.63. The molecule has 1 aliphatic heterocycles. The average Bonchev–Trinajstić information content (AvgIpc) is 3.12. The number of para-hydroxylation sites is 1. The molecule has 3 N–H and O–H groups in total. The van der Waals surface area contributed by atoms with Crippen molar-refractivity contribution >= 4 is 41.2 Å². The van der Waals surface area contributed by atoms with E-state index in [-0.39, 0.29) is 30.3 Å². The highest BCUT2D eigenvalue weighted by Crippen LogP contribution is 2.19. The maximum Gasteiger partial charge on any atom is 0.256 e. The molecule has 1 aromatic carbocycles. The van der Waals surface area contributed by atoms with E-state index < -0.39 is 0 Å². The summed E-state index contributed by atoms with van der Waals surface area (Å²) in [5, 5.41) is 12.9. The van der Waals surface area contributed by atoms with Gasteiger partial charge in [0.25, 0.3) is 11.8 Å². The van der Waals surface area contributed by atoms with E-state index >= 15 is 0 Å². The van der Waals surface area contributed by atoms with Crippen molar-refractivity contribution in [2.24, 2.45) is 5.92 Å². The highest BCUT2D eigenvalue weighted by molar-refractivity contribution is 7.08. The van der Waals surface area contributed by atoms with Crippen molar-refractivity contribution in [3.8, 4) is 0 Å². The monoisotopic (exact) mass is 379 g/mol. The third kappa shape index (κ3) is 4.81. The number of piperidine rings is 1. The average molecular weight is 380 g/mol. The van der Waals surface area contributed by atoms with E-state index in [4.69, 9.17) is 0 Å². The number of anilines is 1.